The number of carbonyl (C=O) groups is 1. The van der Waals surface area contributed by atoms with E-state index in [1.807, 2.05) is 30.4 Å². The zero-order valence-corrected chi connectivity index (χ0v) is 15.9. The summed E-state index contributed by atoms with van der Waals surface area (Å²) in [5.74, 6) is 0.749. The van der Waals surface area contributed by atoms with Crippen LogP contribution >= 0.6 is 11.3 Å². The van der Waals surface area contributed by atoms with Gasteiger partial charge in [-0.1, -0.05) is 6.07 Å². The molecule has 0 bridgehead atoms. The molecule has 0 saturated heterocycles. The number of amides is 2. The first kappa shape index (κ1) is 17.5. The Balaban J connectivity index is 1.76. The number of rotatable bonds is 4. The zero-order valence-electron chi connectivity index (χ0n) is 15.1. The number of methoxy groups -OCH3 is 1. The lowest BCUT2D eigenvalue weighted by Gasteiger charge is -2.31. The van der Waals surface area contributed by atoms with E-state index in [1.165, 1.54) is 11.1 Å². The minimum Gasteiger partial charge on any atom is -0.495 e. The number of anilines is 2. The number of benzene rings is 1. The second kappa shape index (κ2) is 7.31. The fourth-order valence-electron chi connectivity index (χ4n) is 3.07. The summed E-state index contributed by atoms with van der Waals surface area (Å²) in [6.45, 7) is 3.19. The van der Waals surface area contributed by atoms with Gasteiger partial charge >= 0.3 is 6.03 Å². The van der Waals surface area contributed by atoms with Crippen LogP contribution in [0.1, 0.15) is 23.2 Å². The summed E-state index contributed by atoms with van der Waals surface area (Å²) in [7, 11) is 5.56. The highest BCUT2D eigenvalue weighted by atomic mass is 32.1. The van der Waals surface area contributed by atoms with Gasteiger partial charge in [0.15, 0.2) is 5.13 Å². The van der Waals surface area contributed by atoms with Gasteiger partial charge in [-0.2, -0.15) is 0 Å². The molecule has 0 aliphatic carbocycles. The molecule has 0 spiro atoms. The van der Waals surface area contributed by atoms with Gasteiger partial charge in [0, 0.05) is 26.0 Å². The first-order valence-electron chi connectivity index (χ1n) is 8.35. The number of ether oxygens (including phenoxy) is 1. The van der Waals surface area contributed by atoms with Crippen LogP contribution in [0.2, 0.25) is 0 Å². The molecule has 0 fully saturated rings. The van der Waals surface area contributed by atoms with Crippen molar-refractivity contribution in [1.82, 2.24) is 10.3 Å². The summed E-state index contributed by atoms with van der Waals surface area (Å²) >= 11 is 1.57. The van der Waals surface area contributed by atoms with Gasteiger partial charge in [0.25, 0.3) is 0 Å². The van der Waals surface area contributed by atoms with Crippen molar-refractivity contribution in [2.45, 2.75) is 26.3 Å². The number of fused-ring (bicyclic) bond motifs is 1. The number of hydrogen-bond acceptors (Lipinski definition) is 5. The molecule has 0 saturated carbocycles. The van der Waals surface area contributed by atoms with Gasteiger partial charge in [0.1, 0.15) is 5.75 Å². The van der Waals surface area contributed by atoms with Crippen LogP contribution < -0.4 is 19.9 Å². The van der Waals surface area contributed by atoms with Crippen molar-refractivity contribution in [2.24, 2.45) is 0 Å². The van der Waals surface area contributed by atoms with Crippen molar-refractivity contribution in [3.05, 3.63) is 34.3 Å². The summed E-state index contributed by atoms with van der Waals surface area (Å²) in [5.41, 5.74) is 4.17. The van der Waals surface area contributed by atoms with Crippen LogP contribution in [0.4, 0.5) is 15.6 Å². The van der Waals surface area contributed by atoms with Crippen LogP contribution in [0.25, 0.3) is 0 Å². The molecule has 1 N–H and O–H groups in total. The zero-order chi connectivity index (χ0) is 18.0. The fourth-order valence-corrected chi connectivity index (χ4v) is 3.82. The highest BCUT2D eigenvalue weighted by Gasteiger charge is 2.27. The quantitative estimate of drug-likeness (QED) is 0.910. The number of nitrogens with zero attached hydrogens (tertiary/aromatic N) is 3. The molecule has 25 heavy (non-hydrogen) atoms. The molecule has 7 heteroatoms. The minimum absolute atomic E-state index is 0.107. The van der Waals surface area contributed by atoms with Crippen LogP contribution in [-0.2, 0) is 13.0 Å². The molecule has 6 nitrogen and oxygen atoms in total. The van der Waals surface area contributed by atoms with Crippen molar-refractivity contribution >= 4 is 28.2 Å². The molecule has 2 amide bonds. The molecule has 2 aromatic rings. The Bertz CT molecular complexity index is 772. The molecule has 134 valence electrons. The van der Waals surface area contributed by atoms with Crippen LogP contribution in [0, 0.1) is 6.92 Å². The van der Waals surface area contributed by atoms with E-state index in [0.29, 0.717) is 13.1 Å². The lowest BCUT2D eigenvalue weighted by Crippen LogP contribution is -2.43. The molecule has 1 aromatic heterocycles. The Kier molecular flexibility index (Phi) is 5.13. The van der Waals surface area contributed by atoms with E-state index in [1.54, 1.807) is 23.3 Å². The average Bonchev–Trinajstić information content (AvgIpc) is 3.09. The standard InChI is InChI=1S/C18H24N4O2S/c1-12-7-8-15(24-4)16-14(12)6-5-9-22(16)17(23)19-10-13-11-25-18(20-13)21(2)3/h7-8,11H,5-6,9-10H2,1-4H3,(H,19,23). The third-order valence-corrected chi connectivity index (χ3v) is 5.42. The smallest absolute Gasteiger partial charge is 0.322 e. The maximum atomic E-state index is 12.8. The summed E-state index contributed by atoms with van der Waals surface area (Å²) in [6, 6.07) is 3.88. The monoisotopic (exact) mass is 360 g/mol. The van der Waals surface area contributed by atoms with Gasteiger partial charge in [-0.3, -0.25) is 4.90 Å². The highest BCUT2D eigenvalue weighted by Crippen LogP contribution is 2.38. The van der Waals surface area contributed by atoms with Crippen LogP contribution in [0.15, 0.2) is 17.5 Å². The van der Waals surface area contributed by atoms with E-state index < -0.39 is 0 Å². The summed E-state index contributed by atoms with van der Waals surface area (Å²) in [4.78, 5) is 21.0. The Morgan fingerprint density at radius 2 is 2.24 bits per heavy atom. The molecule has 1 aliphatic rings. The van der Waals surface area contributed by atoms with E-state index in [-0.39, 0.29) is 6.03 Å². The number of nitrogens with one attached hydrogen (secondary N) is 1. The van der Waals surface area contributed by atoms with E-state index in [9.17, 15) is 4.79 Å². The maximum Gasteiger partial charge on any atom is 0.322 e. The van der Waals surface area contributed by atoms with Crippen LogP contribution in [-0.4, -0.2) is 38.8 Å². The van der Waals surface area contributed by atoms with E-state index in [4.69, 9.17) is 4.74 Å². The first-order chi connectivity index (χ1) is 12.0. The summed E-state index contributed by atoms with van der Waals surface area (Å²) in [5, 5.41) is 5.90. The Labute approximate surface area is 152 Å². The molecular weight excluding hydrogens is 336 g/mol. The molecule has 0 unspecified atom stereocenters. The summed E-state index contributed by atoms with van der Waals surface area (Å²) < 4.78 is 5.50. The minimum atomic E-state index is -0.107. The van der Waals surface area contributed by atoms with Crippen molar-refractivity contribution < 1.29 is 9.53 Å². The summed E-state index contributed by atoms with van der Waals surface area (Å²) in [6.07, 6.45) is 1.93. The second-order valence-corrected chi connectivity index (χ2v) is 7.18. The number of urea groups is 1. The van der Waals surface area contributed by atoms with E-state index in [2.05, 4.69) is 23.3 Å². The molecule has 2 heterocycles. The van der Waals surface area contributed by atoms with Gasteiger partial charge in [-0.25, -0.2) is 9.78 Å². The predicted octanol–water partition coefficient (Wildman–Crippen LogP) is 3.19. The molecule has 1 aliphatic heterocycles. The Morgan fingerprint density at radius 1 is 1.44 bits per heavy atom. The van der Waals surface area contributed by atoms with E-state index >= 15 is 0 Å². The Morgan fingerprint density at radius 3 is 2.92 bits per heavy atom. The van der Waals surface area contributed by atoms with Gasteiger partial charge < -0.3 is 15.0 Å². The topological polar surface area (TPSA) is 57.7 Å². The molecule has 3 rings (SSSR count). The van der Waals surface area contributed by atoms with Crippen LogP contribution in [0.3, 0.4) is 0 Å². The lowest BCUT2D eigenvalue weighted by atomic mass is 9.96. The van der Waals surface area contributed by atoms with Gasteiger partial charge in [0.05, 0.1) is 25.0 Å². The van der Waals surface area contributed by atoms with Gasteiger partial charge in [-0.05, 0) is 37.0 Å². The highest BCUT2D eigenvalue weighted by molar-refractivity contribution is 7.13. The predicted molar refractivity (Wildman–Crippen MR) is 102 cm³/mol. The third kappa shape index (κ3) is 3.56. The molecule has 0 atom stereocenters. The van der Waals surface area contributed by atoms with Crippen molar-refractivity contribution in [3.8, 4) is 5.75 Å². The lowest BCUT2D eigenvalue weighted by molar-refractivity contribution is 0.245. The Hall–Kier alpha value is -2.28. The van der Waals surface area contributed by atoms with Crippen molar-refractivity contribution in [1.29, 1.82) is 0 Å². The van der Waals surface area contributed by atoms with Crippen molar-refractivity contribution in [2.75, 3.05) is 37.5 Å². The first-order valence-corrected chi connectivity index (χ1v) is 9.22. The SMILES string of the molecule is COc1ccc(C)c2c1N(C(=O)NCc1csc(N(C)C)n1)CCC2. The average molecular weight is 360 g/mol. The number of carbonyl (C=O) groups excluding carboxylic acids is 1. The fraction of sp³-hybridized carbons (Fsp3) is 0.444. The largest absolute Gasteiger partial charge is 0.495 e. The number of aromatic nitrogens is 1. The van der Waals surface area contributed by atoms with E-state index in [0.717, 1.165) is 35.1 Å². The molecule has 0 radical (unpaired) electrons. The van der Waals surface area contributed by atoms with Crippen LogP contribution in [0.5, 0.6) is 5.75 Å². The molecule has 1 aromatic carbocycles. The second-order valence-electron chi connectivity index (χ2n) is 6.34. The van der Waals surface area contributed by atoms with Gasteiger partial charge in [-0.15, -0.1) is 11.3 Å². The normalized spacial score (nSPS) is 13.4. The van der Waals surface area contributed by atoms with Gasteiger partial charge in [0.2, 0.25) is 0 Å². The number of thiazole rings is 1. The van der Waals surface area contributed by atoms with Crippen molar-refractivity contribution in [3.63, 3.8) is 0 Å². The molecular formula is C18H24N4O2S. The number of aryl methyl sites for hydroxylation is 1. The maximum absolute atomic E-state index is 12.8. The third-order valence-electron chi connectivity index (χ3n) is 4.37. The number of hydrogen-bond donors (Lipinski definition) is 1.